The van der Waals surface area contributed by atoms with Gasteiger partial charge in [-0.15, -0.1) is 0 Å². The van der Waals surface area contributed by atoms with Gasteiger partial charge in [0.1, 0.15) is 19.8 Å². The van der Waals surface area contributed by atoms with Gasteiger partial charge in [0.05, 0.1) is 27.7 Å². The van der Waals surface area contributed by atoms with Crippen LogP contribution in [-0.2, 0) is 32.7 Å². The van der Waals surface area contributed by atoms with Crippen molar-refractivity contribution in [3.8, 4) is 0 Å². The van der Waals surface area contributed by atoms with Crippen LogP contribution in [0.4, 0.5) is 0 Å². The molecule has 1 unspecified atom stereocenters. The number of unbranched alkanes of at least 4 members (excludes halogenated alkanes) is 16. The molecular weight excluding hydrogens is 701 g/mol. The summed E-state index contributed by atoms with van der Waals surface area (Å²) in [7, 11) is 1.46. The predicted molar refractivity (Wildman–Crippen MR) is 224 cm³/mol. The number of hydrogen-bond acceptors (Lipinski definition) is 7. The third kappa shape index (κ3) is 39.7. The summed E-state index contributed by atoms with van der Waals surface area (Å²) in [6.07, 6.45) is 41.5. The monoisotopic (exact) mass is 783 g/mol. The summed E-state index contributed by atoms with van der Waals surface area (Å²) >= 11 is 0. The Morgan fingerprint density at radius 2 is 1.06 bits per heavy atom. The summed E-state index contributed by atoms with van der Waals surface area (Å²) in [5.74, 6) is -0.826. The summed E-state index contributed by atoms with van der Waals surface area (Å²) in [5, 5.41) is 0. The van der Waals surface area contributed by atoms with Gasteiger partial charge in [0.15, 0.2) is 6.10 Å². The first kappa shape index (κ1) is 52.0. The Balaban J connectivity index is 4.41. The van der Waals surface area contributed by atoms with Crippen molar-refractivity contribution in [1.82, 2.24) is 0 Å². The molecule has 0 heterocycles. The molecule has 0 bridgehead atoms. The van der Waals surface area contributed by atoms with E-state index in [0.29, 0.717) is 17.4 Å². The number of phosphoric acid groups is 1. The Bertz CT molecular complexity index is 1070. The minimum atomic E-state index is -4.38. The molecule has 0 spiro atoms. The van der Waals surface area contributed by atoms with Gasteiger partial charge in [0, 0.05) is 12.8 Å². The van der Waals surface area contributed by atoms with Crippen LogP contribution in [0.5, 0.6) is 0 Å². The lowest BCUT2D eigenvalue weighted by Crippen LogP contribution is -2.37. The maximum Gasteiger partial charge on any atom is 0.472 e. The van der Waals surface area contributed by atoms with Crippen LogP contribution in [0.25, 0.3) is 0 Å². The van der Waals surface area contributed by atoms with Gasteiger partial charge in [-0.25, -0.2) is 4.57 Å². The van der Waals surface area contributed by atoms with Crippen LogP contribution >= 0.6 is 7.82 Å². The number of quaternary nitrogens is 1. The molecule has 0 aliphatic carbocycles. The number of carbonyl (C=O) groups is 2. The molecule has 0 aromatic heterocycles. The zero-order chi connectivity index (χ0) is 40.0. The fourth-order valence-electron chi connectivity index (χ4n) is 5.49. The van der Waals surface area contributed by atoms with E-state index in [2.05, 4.69) is 62.5 Å². The summed E-state index contributed by atoms with van der Waals surface area (Å²) < 4.78 is 34.2. The molecule has 0 aromatic carbocycles. The van der Waals surface area contributed by atoms with Crippen LogP contribution in [-0.4, -0.2) is 74.9 Å². The number of nitrogens with zero attached hydrogens (tertiary/aromatic N) is 1. The first-order valence-corrected chi connectivity index (χ1v) is 22.9. The molecular formula is C44H81NO8P+. The van der Waals surface area contributed by atoms with E-state index >= 15 is 0 Å². The van der Waals surface area contributed by atoms with Gasteiger partial charge in [-0.2, -0.15) is 0 Å². The van der Waals surface area contributed by atoms with Crippen molar-refractivity contribution in [1.29, 1.82) is 0 Å². The molecule has 314 valence electrons. The zero-order valence-electron chi connectivity index (χ0n) is 35.2. The number of carbonyl (C=O) groups excluding carboxylic acids is 2. The molecule has 0 aromatic rings. The van der Waals surface area contributed by atoms with Crippen LogP contribution in [0.2, 0.25) is 0 Å². The summed E-state index contributed by atoms with van der Waals surface area (Å²) in [6.45, 7) is 4.26. The van der Waals surface area contributed by atoms with Gasteiger partial charge >= 0.3 is 19.8 Å². The quantitative estimate of drug-likeness (QED) is 0.0217. The second-order valence-corrected chi connectivity index (χ2v) is 16.8. The topological polar surface area (TPSA) is 108 Å². The number of esters is 2. The molecule has 0 saturated heterocycles. The van der Waals surface area contributed by atoms with E-state index in [1.54, 1.807) is 0 Å². The average Bonchev–Trinajstić information content (AvgIpc) is 3.12. The second-order valence-electron chi connectivity index (χ2n) is 15.3. The van der Waals surface area contributed by atoms with Gasteiger partial charge < -0.3 is 18.9 Å². The summed E-state index contributed by atoms with van der Waals surface area (Å²) in [6, 6.07) is 0. The largest absolute Gasteiger partial charge is 0.472 e. The smallest absolute Gasteiger partial charge is 0.462 e. The van der Waals surface area contributed by atoms with E-state index in [9.17, 15) is 19.0 Å². The predicted octanol–water partition coefficient (Wildman–Crippen LogP) is 11.9. The van der Waals surface area contributed by atoms with Crippen LogP contribution < -0.4 is 0 Å². The van der Waals surface area contributed by atoms with Crippen LogP contribution in [0.15, 0.2) is 48.6 Å². The van der Waals surface area contributed by atoms with Crippen LogP contribution in [0.1, 0.15) is 168 Å². The number of likely N-dealkylation sites (N-methyl/N-ethyl adjacent to an activating group) is 1. The van der Waals surface area contributed by atoms with Crippen LogP contribution in [0.3, 0.4) is 0 Å². The lowest BCUT2D eigenvalue weighted by molar-refractivity contribution is -0.870. The van der Waals surface area contributed by atoms with E-state index in [1.807, 2.05) is 21.1 Å². The van der Waals surface area contributed by atoms with Gasteiger partial charge in [0.2, 0.25) is 0 Å². The highest BCUT2D eigenvalue weighted by Gasteiger charge is 2.27. The Morgan fingerprint density at radius 1 is 0.593 bits per heavy atom. The molecule has 0 aliphatic heterocycles. The van der Waals surface area contributed by atoms with Gasteiger partial charge in [-0.3, -0.25) is 18.6 Å². The molecule has 10 heteroatoms. The molecule has 0 fully saturated rings. The van der Waals surface area contributed by atoms with Crippen LogP contribution in [0, 0.1) is 0 Å². The molecule has 0 saturated carbocycles. The molecule has 0 radical (unpaired) electrons. The third-order valence-electron chi connectivity index (χ3n) is 8.84. The van der Waals surface area contributed by atoms with Crippen molar-refractivity contribution in [2.45, 2.75) is 174 Å². The van der Waals surface area contributed by atoms with Crippen molar-refractivity contribution in [3.63, 3.8) is 0 Å². The van der Waals surface area contributed by atoms with Crippen molar-refractivity contribution < 1.29 is 42.1 Å². The molecule has 2 atom stereocenters. The Labute approximate surface area is 331 Å². The standard InChI is InChI=1S/C44H80NO8P/c1-6-8-10-12-14-16-18-20-22-24-26-28-30-32-34-36-43(46)50-40-42(41-52-54(48,49)51-39-38-45(3,4)5)53-44(47)37-35-33-31-29-27-25-23-21-19-17-15-13-11-9-7-2/h9,11,15-18,21,23,42H,6-8,10,12-14,19-20,22,24-41H2,1-5H3/p+1/b11-9-,17-15-,18-16-,23-21-/t42-/m1/s1. The Hall–Kier alpha value is -2.03. The van der Waals surface area contributed by atoms with E-state index in [-0.39, 0.29) is 32.0 Å². The normalized spacial score (nSPS) is 14.1. The van der Waals surface area contributed by atoms with Gasteiger partial charge in [-0.1, -0.05) is 133 Å². The fourth-order valence-corrected chi connectivity index (χ4v) is 6.23. The van der Waals surface area contributed by atoms with E-state index in [1.165, 1.54) is 51.4 Å². The Kier molecular flexibility index (Phi) is 35.2. The van der Waals surface area contributed by atoms with E-state index < -0.39 is 26.5 Å². The SMILES string of the molecule is CC/C=C\C/C=C\C/C=C\CCCCCCCC(=O)O[C@H](COC(=O)CCCCCCCCC/C=C\CCCCCC)COP(=O)(O)OCC[N+](C)(C)C. The summed E-state index contributed by atoms with van der Waals surface area (Å²) in [5.41, 5.74) is 0. The molecule has 0 amide bonds. The van der Waals surface area contributed by atoms with E-state index in [4.69, 9.17) is 18.5 Å². The first-order valence-electron chi connectivity index (χ1n) is 21.4. The third-order valence-corrected chi connectivity index (χ3v) is 9.83. The lowest BCUT2D eigenvalue weighted by atomic mass is 10.1. The maximum atomic E-state index is 12.7. The highest BCUT2D eigenvalue weighted by atomic mass is 31.2. The summed E-state index contributed by atoms with van der Waals surface area (Å²) in [4.78, 5) is 35.3. The highest BCUT2D eigenvalue weighted by Crippen LogP contribution is 2.43. The van der Waals surface area contributed by atoms with Gasteiger partial charge in [-0.05, 0) is 70.6 Å². The van der Waals surface area contributed by atoms with Crippen molar-refractivity contribution in [2.24, 2.45) is 0 Å². The lowest BCUT2D eigenvalue weighted by Gasteiger charge is -2.24. The number of ether oxygens (including phenoxy) is 2. The van der Waals surface area contributed by atoms with Crippen molar-refractivity contribution in [3.05, 3.63) is 48.6 Å². The first-order chi connectivity index (χ1) is 26.0. The van der Waals surface area contributed by atoms with Crippen molar-refractivity contribution >= 4 is 19.8 Å². The number of allylic oxidation sites excluding steroid dienone is 8. The second kappa shape index (κ2) is 36.6. The average molecular weight is 783 g/mol. The maximum absolute atomic E-state index is 12.7. The minimum Gasteiger partial charge on any atom is -0.462 e. The zero-order valence-corrected chi connectivity index (χ0v) is 36.1. The van der Waals surface area contributed by atoms with Crippen molar-refractivity contribution in [2.75, 3.05) is 47.5 Å². The van der Waals surface area contributed by atoms with Gasteiger partial charge in [0.25, 0.3) is 0 Å². The molecule has 1 N–H and O–H groups in total. The number of rotatable bonds is 38. The Morgan fingerprint density at radius 3 is 1.59 bits per heavy atom. The van der Waals surface area contributed by atoms with E-state index in [0.717, 1.165) is 83.5 Å². The number of phosphoric ester groups is 1. The minimum absolute atomic E-state index is 0.0259. The highest BCUT2D eigenvalue weighted by molar-refractivity contribution is 7.47. The molecule has 0 aliphatic rings. The molecule has 54 heavy (non-hydrogen) atoms. The fraction of sp³-hybridized carbons (Fsp3) is 0.773. The number of hydrogen-bond donors (Lipinski definition) is 1. The molecule has 0 rings (SSSR count). The molecule has 9 nitrogen and oxygen atoms in total.